The highest BCUT2D eigenvalue weighted by atomic mass is 16.5. The smallest absolute Gasteiger partial charge is 0.252 e. The van der Waals surface area contributed by atoms with Gasteiger partial charge in [0.05, 0.1) is 13.2 Å². The van der Waals surface area contributed by atoms with E-state index in [2.05, 4.69) is 19.2 Å². The summed E-state index contributed by atoms with van der Waals surface area (Å²) in [4.78, 5) is 27.6. The van der Waals surface area contributed by atoms with E-state index in [1.807, 2.05) is 43.0 Å². The summed E-state index contributed by atoms with van der Waals surface area (Å²) in [5.41, 5.74) is 0.523. The third kappa shape index (κ3) is 4.10. The maximum absolute atomic E-state index is 13.1. The fourth-order valence-electron chi connectivity index (χ4n) is 3.30. The Bertz CT molecular complexity index is 695. The number of hydrogen-bond donors (Lipinski definition) is 1. The van der Waals surface area contributed by atoms with Gasteiger partial charge in [0.1, 0.15) is 12.4 Å². The molecule has 2 fully saturated rings. The molecular formula is C21H30N2O4. The molecule has 0 spiro atoms. The van der Waals surface area contributed by atoms with Gasteiger partial charge in [0.15, 0.2) is 6.10 Å². The first-order valence-electron chi connectivity index (χ1n) is 9.63. The van der Waals surface area contributed by atoms with Crippen molar-refractivity contribution in [2.24, 2.45) is 5.92 Å². The maximum atomic E-state index is 13.1. The van der Waals surface area contributed by atoms with Gasteiger partial charge in [-0.3, -0.25) is 9.59 Å². The lowest BCUT2D eigenvalue weighted by atomic mass is 9.89. The highest BCUT2D eigenvalue weighted by molar-refractivity contribution is 5.87. The van der Waals surface area contributed by atoms with E-state index in [9.17, 15) is 9.59 Å². The van der Waals surface area contributed by atoms with Crippen molar-refractivity contribution in [3.63, 3.8) is 0 Å². The monoisotopic (exact) mass is 374 g/mol. The van der Waals surface area contributed by atoms with Crippen molar-refractivity contribution in [2.75, 3.05) is 13.7 Å². The van der Waals surface area contributed by atoms with Crippen molar-refractivity contribution in [2.45, 2.75) is 64.3 Å². The molecule has 0 unspecified atom stereocenters. The summed E-state index contributed by atoms with van der Waals surface area (Å²) in [6, 6.07) is 7.30. The highest BCUT2D eigenvalue weighted by Gasteiger charge is 2.48. The molecule has 148 valence electrons. The number of nitrogens with one attached hydrogen (secondary N) is 1. The quantitative estimate of drug-likeness (QED) is 0.831. The van der Waals surface area contributed by atoms with Crippen LogP contribution in [0.25, 0.3) is 0 Å². The summed E-state index contributed by atoms with van der Waals surface area (Å²) in [5, 5.41) is 3.12. The van der Waals surface area contributed by atoms with Crippen LogP contribution >= 0.6 is 0 Å². The lowest BCUT2D eigenvalue weighted by Crippen LogP contribution is -2.58. The number of rotatable bonds is 6. The van der Waals surface area contributed by atoms with Gasteiger partial charge in [-0.15, -0.1) is 0 Å². The zero-order valence-electron chi connectivity index (χ0n) is 16.8. The topological polar surface area (TPSA) is 67.9 Å². The van der Waals surface area contributed by atoms with Crippen LogP contribution < -0.4 is 10.1 Å². The number of carbonyl (C=O) groups is 2. The molecule has 1 saturated carbocycles. The summed E-state index contributed by atoms with van der Waals surface area (Å²) in [7, 11) is 1.61. The number of hydrogen-bond acceptors (Lipinski definition) is 4. The molecule has 1 N–H and O–H groups in total. The summed E-state index contributed by atoms with van der Waals surface area (Å²) >= 11 is 0. The Morgan fingerprint density at radius 1 is 1.26 bits per heavy atom. The summed E-state index contributed by atoms with van der Waals surface area (Å²) in [5.74, 6) is 0.783. The molecule has 3 rings (SSSR count). The molecule has 1 aliphatic heterocycles. The largest absolute Gasteiger partial charge is 0.497 e. The number of methoxy groups -OCH3 is 1. The molecule has 6 nitrogen and oxygen atoms in total. The lowest BCUT2D eigenvalue weighted by molar-refractivity contribution is -0.166. The zero-order valence-corrected chi connectivity index (χ0v) is 16.8. The van der Waals surface area contributed by atoms with Crippen LogP contribution in [0.4, 0.5) is 0 Å². The zero-order chi connectivity index (χ0) is 19.8. The lowest BCUT2D eigenvalue weighted by Gasteiger charge is -2.42. The fourth-order valence-corrected chi connectivity index (χ4v) is 3.30. The minimum atomic E-state index is -0.727. The number of benzene rings is 1. The van der Waals surface area contributed by atoms with Crippen molar-refractivity contribution < 1.29 is 19.1 Å². The molecule has 2 atom stereocenters. The maximum Gasteiger partial charge on any atom is 0.252 e. The SMILES string of the molecule is COc1ccc([C@@H]2[C@@H](C(=O)NC(C)(C)C(C)C)OCC(=O)N2C2CC2)cc1. The number of morpholine rings is 1. The first-order chi connectivity index (χ1) is 12.7. The van der Waals surface area contributed by atoms with Crippen LogP contribution in [0.1, 0.15) is 52.1 Å². The van der Waals surface area contributed by atoms with Gasteiger partial charge in [-0.2, -0.15) is 0 Å². The minimum Gasteiger partial charge on any atom is -0.497 e. The molecule has 1 saturated heterocycles. The van der Waals surface area contributed by atoms with Gasteiger partial charge in [-0.25, -0.2) is 0 Å². The summed E-state index contributed by atoms with van der Waals surface area (Å²) in [6.07, 6.45) is 1.23. The molecule has 1 heterocycles. The molecule has 1 aromatic carbocycles. The van der Waals surface area contributed by atoms with Crippen molar-refractivity contribution in [3.05, 3.63) is 29.8 Å². The Balaban J connectivity index is 1.92. The molecule has 27 heavy (non-hydrogen) atoms. The van der Waals surface area contributed by atoms with E-state index in [0.29, 0.717) is 0 Å². The average Bonchev–Trinajstić information content (AvgIpc) is 3.45. The molecule has 0 aromatic heterocycles. The van der Waals surface area contributed by atoms with Crippen LogP contribution in [0, 0.1) is 5.92 Å². The second-order valence-electron chi connectivity index (χ2n) is 8.35. The first kappa shape index (κ1) is 19.7. The van der Waals surface area contributed by atoms with Crippen molar-refractivity contribution >= 4 is 11.8 Å². The van der Waals surface area contributed by atoms with E-state index >= 15 is 0 Å². The van der Waals surface area contributed by atoms with Gasteiger partial charge < -0.3 is 19.7 Å². The van der Waals surface area contributed by atoms with E-state index in [4.69, 9.17) is 9.47 Å². The molecule has 2 aliphatic rings. The van der Waals surface area contributed by atoms with E-state index < -0.39 is 12.1 Å². The fraction of sp³-hybridized carbons (Fsp3) is 0.619. The second-order valence-corrected chi connectivity index (χ2v) is 8.35. The Morgan fingerprint density at radius 2 is 1.89 bits per heavy atom. The van der Waals surface area contributed by atoms with E-state index in [1.54, 1.807) is 7.11 Å². The molecule has 0 radical (unpaired) electrons. The predicted octanol–water partition coefficient (Wildman–Crippen LogP) is 2.68. The van der Waals surface area contributed by atoms with E-state index in [1.165, 1.54) is 0 Å². The van der Waals surface area contributed by atoms with E-state index in [0.717, 1.165) is 24.2 Å². The van der Waals surface area contributed by atoms with Crippen LogP contribution in [0.2, 0.25) is 0 Å². The molecule has 1 aromatic rings. The third-order valence-electron chi connectivity index (χ3n) is 5.81. The Hall–Kier alpha value is -2.08. The standard InChI is InChI=1S/C21H30N2O4/c1-13(2)21(3,4)22-20(25)19-18(14-6-10-16(26-5)11-7-14)23(15-8-9-15)17(24)12-27-19/h6-7,10-11,13,15,18-19H,8-9,12H2,1-5H3,(H,22,25)/t18-,19+/m1/s1. The van der Waals surface area contributed by atoms with Crippen molar-refractivity contribution in [1.29, 1.82) is 0 Å². The van der Waals surface area contributed by atoms with Crippen LogP contribution in [0.15, 0.2) is 24.3 Å². The Kier molecular flexibility index (Phi) is 5.47. The van der Waals surface area contributed by atoms with Gasteiger partial charge in [0, 0.05) is 11.6 Å². The minimum absolute atomic E-state index is 0.0505. The van der Waals surface area contributed by atoms with Gasteiger partial charge in [-0.1, -0.05) is 26.0 Å². The van der Waals surface area contributed by atoms with E-state index in [-0.39, 0.29) is 35.9 Å². The van der Waals surface area contributed by atoms with Crippen LogP contribution in [0.3, 0.4) is 0 Å². The van der Waals surface area contributed by atoms with Crippen molar-refractivity contribution in [1.82, 2.24) is 10.2 Å². The molecule has 6 heteroatoms. The van der Waals surface area contributed by atoms with Crippen LogP contribution in [0.5, 0.6) is 5.75 Å². The van der Waals surface area contributed by atoms with Gasteiger partial charge in [-0.05, 0) is 50.3 Å². The molecule has 1 aliphatic carbocycles. The second kappa shape index (κ2) is 7.50. The number of nitrogens with zero attached hydrogens (tertiary/aromatic N) is 1. The number of carbonyl (C=O) groups excluding carboxylic acids is 2. The summed E-state index contributed by atoms with van der Waals surface area (Å²) in [6.45, 7) is 8.10. The number of ether oxygens (including phenoxy) is 2. The number of amides is 2. The molecule has 2 amide bonds. The average molecular weight is 374 g/mol. The Morgan fingerprint density at radius 3 is 2.41 bits per heavy atom. The summed E-state index contributed by atoms with van der Waals surface area (Å²) < 4.78 is 11.0. The molecule has 0 bridgehead atoms. The predicted molar refractivity (Wildman–Crippen MR) is 102 cm³/mol. The normalized spacial score (nSPS) is 23.5. The highest BCUT2D eigenvalue weighted by Crippen LogP contribution is 2.40. The molecular weight excluding hydrogens is 344 g/mol. The van der Waals surface area contributed by atoms with Crippen LogP contribution in [-0.4, -0.2) is 48.1 Å². The van der Waals surface area contributed by atoms with Gasteiger partial charge in [0.2, 0.25) is 5.91 Å². The van der Waals surface area contributed by atoms with Crippen molar-refractivity contribution in [3.8, 4) is 5.75 Å². The van der Waals surface area contributed by atoms with Crippen LogP contribution in [-0.2, 0) is 14.3 Å². The first-order valence-corrected chi connectivity index (χ1v) is 9.63. The van der Waals surface area contributed by atoms with Gasteiger partial charge >= 0.3 is 0 Å². The van der Waals surface area contributed by atoms with Gasteiger partial charge in [0.25, 0.3) is 5.91 Å². The third-order valence-corrected chi connectivity index (χ3v) is 5.81. The Labute approximate surface area is 161 Å².